The number of alkyl halides is 3. The van der Waals surface area contributed by atoms with Gasteiger partial charge in [0, 0.05) is 19.2 Å². The molecule has 0 aliphatic rings. The van der Waals surface area contributed by atoms with Crippen LogP contribution in [0, 0.1) is 0 Å². The third kappa shape index (κ3) is 5.64. The van der Waals surface area contributed by atoms with Crippen LogP contribution in [0.3, 0.4) is 0 Å². The maximum Gasteiger partial charge on any atom is 0.416 e. The summed E-state index contributed by atoms with van der Waals surface area (Å²) in [5.41, 5.74) is -0.784. The summed E-state index contributed by atoms with van der Waals surface area (Å²) in [7, 11) is 0. The molecule has 0 saturated heterocycles. The Morgan fingerprint density at radius 2 is 1.90 bits per heavy atom. The Labute approximate surface area is 116 Å². The summed E-state index contributed by atoms with van der Waals surface area (Å²) < 4.78 is 48.6. The number of pyridine rings is 1. The molecular formula is C13H19F3N2O2. The first-order valence-electron chi connectivity index (χ1n) is 6.51. The first-order chi connectivity index (χ1) is 9.47. The number of ether oxygens (including phenoxy) is 2. The fraction of sp³-hybridized carbons (Fsp3) is 0.615. The van der Waals surface area contributed by atoms with Crippen molar-refractivity contribution in [3.05, 3.63) is 17.7 Å². The molecule has 0 radical (unpaired) electrons. The van der Waals surface area contributed by atoms with Crippen molar-refractivity contribution in [3.63, 3.8) is 0 Å². The van der Waals surface area contributed by atoms with Gasteiger partial charge in [-0.05, 0) is 19.4 Å². The Morgan fingerprint density at radius 3 is 2.50 bits per heavy atom. The zero-order valence-electron chi connectivity index (χ0n) is 11.6. The first-order valence-corrected chi connectivity index (χ1v) is 6.51. The Morgan fingerprint density at radius 1 is 1.15 bits per heavy atom. The number of aromatic nitrogens is 1. The molecule has 114 valence electrons. The van der Waals surface area contributed by atoms with Crippen LogP contribution in [-0.2, 0) is 10.9 Å². The molecule has 1 rings (SSSR count). The molecule has 0 aromatic carbocycles. The number of anilines is 1. The lowest BCUT2D eigenvalue weighted by molar-refractivity contribution is -0.137. The molecule has 0 fully saturated rings. The normalized spacial score (nSPS) is 11.4. The Hall–Kier alpha value is -1.50. The smallest absolute Gasteiger partial charge is 0.416 e. The van der Waals surface area contributed by atoms with Crippen LogP contribution in [-0.4, -0.2) is 31.3 Å². The van der Waals surface area contributed by atoms with Crippen molar-refractivity contribution >= 4 is 5.82 Å². The number of hydrogen-bond donors (Lipinski definition) is 1. The molecule has 7 heteroatoms. The number of nitrogens with one attached hydrogen (secondary N) is 1. The second-order valence-electron chi connectivity index (χ2n) is 4.07. The number of nitrogens with zero attached hydrogens (tertiary/aromatic N) is 1. The van der Waals surface area contributed by atoms with E-state index in [4.69, 9.17) is 9.47 Å². The second-order valence-corrected chi connectivity index (χ2v) is 4.07. The van der Waals surface area contributed by atoms with Crippen LogP contribution in [0.15, 0.2) is 12.1 Å². The Bertz CT molecular complexity index is 411. The van der Waals surface area contributed by atoms with E-state index in [9.17, 15) is 13.2 Å². The largest absolute Gasteiger partial charge is 0.475 e. The summed E-state index contributed by atoms with van der Waals surface area (Å²) in [5, 5.41) is 2.75. The summed E-state index contributed by atoms with van der Waals surface area (Å²) in [5.74, 6) is 0.0858. The van der Waals surface area contributed by atoms with Crippen molar-refractivity contribution in [1.29, 1.82) is 0 Å². The second kappa shape index (κ2) is 7.94. The van der Waals surface area contributed by atoms with Gasteiger partial charge in [-0.25, -0.2) is 0 Å². The van der Waals surface area contributed by atoms with Crippen molar-refractivity contribution in [2.24, 2.45) is 0 Å². The van der Waals surface area contributed by atoms with Gasteiger partial charge < -0.3 is 14.8 Å². The van der Waals surface area contributed by atoms with E-state index in [1.807, 2.05) is 6.92 Å². The highest BCUT2D eigenvalue weighted by Crippen LogP contribution is 2.32. The SMILES string of the molecule is CCCOCCOc1cc(C(F)(F)F)cc(NCC)n1. The van der Waals surface area contributed by atoms with E-state index >= 15 is 0 Å². The minimum atomic E-state index is -4.43. The van der Waals surface area contributed by atoms with E-state index in [1.54, 1.807) is 6.92 Å². The molecule has 0 unspecified atom stereocenters. The van der Waals surface area contributed by atoms with E-state index in [-0.39, 0.29) is 18.3 Å². The fourth-order valence-electron chi connectivity index (χ4n) is 1.47. The molecule has 0 aliphatic carbocycles. The molecule has 20 heavy (non-hydrogen) atoms. The van der Waals surface area contributed by atoms with Crippen molar-refractivity contribution in [1.82, 2.24) is 4.98 Å². The molecule has 0 aliphatic heterocycles. The summed E-state index contributed by atoms with van der Waals surface area (Å²) in [6, 6.07) is 1.85. The van der Waals surface area contributed by atoms with E-state index in [1.165, 1.54) is 0 Å². The minimum Gasteiger partial charge on any atom is -0.475 e. The van der Waals surface area contributed by atoms with Gasteiger partial charge in [0.1, 0.15) is 12.4 Å². The van der Waals surface area contributed by atoms with Gasteiger partial charge in [0.2, 0.25) is 5.88 Å². The number of hydrogen-bond acceptors (Lipinski definition) is 4. The predicted octanol–water partition coefficient (Wildman–Crippen LogP) is 3.34. The highest BCUT2D eigenvalue weighted by Gasteiger charge is 2.31. The van der Waals surface area contributed by atoms with Gasteiger partial charge in [-0.3, -0.25) is 0 Å². The molecule has 1 aromatic heterocycles. The van der Waals surface area contributed by atoms with Crippen molar-refractivity contribution in [2.45, 2.75) is 26.4 Å². The topological polar surface area (TPSA) is 43.4 Å². The molecule has 1 N–H and O–H groups in total. The summed E-state index contributed by atoms with van der Waals surface area (Å²) in [4.78, 5) is 3.97. The van der Waals surface area contributed by atoms with Crippen LogP contribution in [0.1, 0.15) is 25.8 Å². The predicted molar refractivity (Wildman–Crippen MR) is 70.0 cm³/mol. The Balaban J connectivity index is 2.71. The Kier molecular flexibility index (Phi) is 6.57. The maximum absolute atomic E-state index is 12.7. The van der Waals surface area contributed by atoms with Crippen LogP contribution < -0.4 is 10.1 Å². The van der Waals surface area contributed by atoms with Gasteiger partial charge in [-0.1, -0.05) is 6.92 Å². The zero-order valence-corrected chi connectivity index (χ0v) is 11.6. The van der Waals surface area contributed by atoms with Gasteiger partial charge in [-0.15, -0.1) is 0 Å². The average Bonchev–Trinajstić information content (AvgIpc) is 2.38. The van der Waals surface area contributed by atoms with Crippen LogP contribution in [0.25, 0.3) is 0 Å². The fourth-order valence-corrected chi connectivity index (χ4v) is 1.47. The van der Waals surface area contributed by atoms with Crippen LogP contribution in [0.2, 0.25) is 0 Å². The van der Waals surface area contributed by atoms with Crippen LogP contribution in [0.5, 0.6) is 5.88 Å². The highest BCUT2D eigenvalue weighted by atomic mass is 19.4. The zero-order chi connectivity index (χ0) is 15.0. The molecule has 0 amide bonds. The summed E-state index contributed by atoms with van der Waals surface area (Å²) >= 11 is 0. The van der Waals surface area contributed by atoms with Gasteiger partial charge in [0.25, 0.3) is 0 Å². The van der Waals surface area contributed by atoms with E-state index in [0.717, 1.165) is 18.6 Å². The molecule has 4 nitrogen and oxygen atoms in total. The van der Waals surface area contributed by atoms with Gasteiger partial charge >= 0.3 is 6.18 Å². The highest BCUT2D eigenvalue weighted by molar-refractivity contribution is 5.42. The molecule has 0 spiro atoms. The monoisotopic (exact) mass is 292 g/mol. The first kappa shape index (κ1) is 16.6. The van der Waals surface area contributed by atoms with E-state index in [2.05, 4.69) is 10.3 Å². The minimum absolute atomic E-state index is 0.0594. The molecule has 1 heterocycles. The van der Waals surface area contributed by atoms with Crippen molar-refractivity contribution < 1.29 is 22.6 Å². The average molecular weight is 292 g/mol. The third-order valence-electron chi connectivity index (χ3n) is 2.31. The van der Waals surface area contributed by atoms with E-state index in [0.29, 0.717) is 19.8 Å². The van der Waals surface area contributed by atoms with Gasteiger partial charge in [0.15, 0.2) is 0 Å². The van der Waals surface area contributed by atoms with Crippen LogP contribution >= 0.6 is 0 Å². The summed E-state index contributed by atoms with van der Waals surface area (Å²) in [6.07, 6.45) is -3.55. The molecule has 0 bridgehead atoms. The molecule has 1 aromatic rings. The number of rotatable bonds is 8. The lowest BCUT2D eigenvalue weighted by Gasteiger charge is -2.12. The van der Waals surface area contributed by atoms with Crippen molar-refractivity contribution in [2.75, 3.05) is 31.7 Å². The van der Waals surface area contributed by atoms with Crippen LogP contribution in [0.4, 0.5) is 19.0 Å². The standard InChI is InChI=1S/C13H19F3N2O2/c1-3-5-19-6-7-20-12-9-10(13(14,15)16)8-11(18-12)17-4-2/h8-9H,3-7H2,1-2H3,(H,17,18). The maximum atomic E-state index is 12.7. The third-order valence-corrected chi connectivity index (χ3v) is 2.31. The lowest BCUT2D eigenvalue weighted by atomic mass is 10.2. The summed E-state index contributed by atoms with van der Waals surface area (Å²) in [6.45, 7) is 5.32. The molecule has 0 atom stereocenters. The number of halogens is 3. The molecular weight excluding hydrogens is 273 g/mol. The quantitative estimate of drug-likeness (QED) is 0.746. The molecule has 0 saturated carbocycles. The van der Waals surface area contributed by atoms with Gasteiger partial charge in [0.05, 0.1) is 12.2 Å². The van der Waals surface area contributed by atoms with Crippen molar-refractivity contribution in [3.8, 4) is 5.88 Å². The lowest BCUT2D eigenvalue weighted by Crippen LogP contribution is -2.12. The van der Waals surface area contributed by atoms with Gasteiger partial charge in [-0.2, -0.15) is 18.2 Å². The van der Waals surface area contributed by atoms with E-state index < -0.39 is 11.7 Å².